The van der Waals surface area contributed by atoms with Crippen LogP contribution in [-0.4, -0.2) is 15.2 Å². The van der Waals surface area contributed by atoms with E-state index in [0.717, 1.165) is 16.8 Å². The molecule has 4 rings (SSSR count). The molecule has 0 aliphatic carbocycles. The van der Waals surface area contributed by atoms with E-state index in [-0.39, 0.29) is 0 Å². The molecule has 0 unspecified atom stereocenters. The summed E-state index contributed by atoms with van der Waals surface area (Å²) in [7, 11) is 0. The molecule has 0 aliphatic rings. The lowest BCUT2D eigenvalue weighted by atomic mass is 10.0. The normalized spacial score (nSPS) is 10.7. The predicted octanol–water partition coefficient (Wildman–Crippen LogP) is 5.43. The molecule has 4 aromatic rings. The number of nitrogens with zero attached hydrogens (tertiary/aromatic N) is 2. The van der Waals surface area contributed by atoms with Gasteiger partial charge >= 0.3 is 0 Å². The fourth-order valence-electron chi connectivity index (χ4n) is 2.35. The third kappa shape index (κ3) is 3.34. The Bertz CT molecular complexity index is 917. The lowest BCUT2D eigenvalue weighted by Crippen LogP contribution is -1.95. The van der Waals surface area contributed by atoms with Crippen LogP contribution in [0.2, 0.25) is 0 Å². The Balaban J connectivity index is 1.57. The molecule has 2 aromatic heterocycles. The summed E-state index contributed by atoms with van der Waals surface area (Å²) < 4.78 is 1.17. The number of benzene rings is 2. The van der Waals surface area contributed by atoms with Crippen molar-refractivity contribution in [3.63, 3.8) is 0 Å². The summed E-state index contributed by atoms with van der Waals surface area (Å²) >= 11 is 3.23. The maximum absolute atomic E-state index is 4.51. The first-order valence-corrected chi connectivity index (χ1v) is 9.13. The Labute approximate surface area is 148 Å². The second-order valence-electron chi connectivity index (χ2n) is 5.04. The van der Waals surface area contributed by atoms with Crippen molar-refractivity contribution in [2.75, 3.05) is 5.32 Å². The molecular weight excluding hydrogens is 336 g/mol. The summed E-state index contributed by atoms with van der Waals surface area (Å²) in [5.41, 5.74) is 3.28. The van der Waals surface area contributed by atoms with Gasteiger partial charge in [-0.1, -0.05) is 54.6 Å². The standard InChI is InChI=1S/C18H14N4S2/c1-2-7-13(8-3-1)14-9-4-5-10-15(14)19-17-20-18(22-21-17)24-16-11-6-12-23-16/h1-12H,(H2,19,20,21,22). The fourth-order valence-corrected chi connectivity index (χ4v) is 3.93. The molecule has 0 radical (unpaired) electrons. The van der Waals surface area contributed by atoms with Crippen molar-refractivity contribution in [1.29, 1.82) is 0 Å². The average Bonchev–Trinajstić information content (AvgIpc) is 3.29. The van der Waals surface area contributed by atoms with Crippen molar-refractivity contribution < 1.29 is 0 Å². The van der Waals surface area contributed by atoms with Crippen LogP contribution < -0.4 is 5.32 Å². The number of aromatic amines is 1. The van der Waals surface area contributed by atoms with Crippen LogP contribution >= 0.6 is 23.1 Å². The second-order valence-corrected chi connectivity index (χ2v) is 7.25. The van der Waals surface area contributed by atoms with Crippen molar-refractivity contribution >= 4 is 34.7 Å². The molecule has 0 spiro atoms. The Kier molecular flexibility index (Phi) is 4.31. The molecule has 2 heterocycles. The van der Waals surface area contributed by atoms with E-state index in [9.17, 15) is 0 Å². The fraction of sp³-hybridized carbons (Fsp3) is 0. The van der Waals surface area contributed by atoms with Crippen LogP contribution in [0.25, 0.3) is 11.1 Å². The first kappa shape index (κ1) is 15.0. The first-order valence-electron chi connectivity index (χ1n) is 7.44. The van der Waals surface area contributed by atoms with Gasteiger partial charge in [0.05, 0.1) is 4.21 Å². The van der Waals surface area contributed by atoms with Gasteiger partial charge in [0.25, 0.3) is 0 Å². The Hall–Kier alpha value is -2.57. The topological polar surface area (TPSA) is 53.6 Å². The van der Waals surface area contributed by atoms with E-state index in [4.69, 9.17) is 0 Å². The summed E-state index contributed by atoms with van der Waals surface area (Å²) in [4.78, 5) is 4.51. The van der Waals surface area contributed by atoms with Crippen molar-refractivity contribution in [1.82, 2.24) is 15.2 Å². The van der Waals surface area contributed by atoms with Crippen LogP contribution in [0.5, 0.6) is 0 Å². The first-order chi connectivity index (χ1) is 11.9. The van der Waals surface area contributed by atoms with E-state index in [1.165, 1.54) is 4.21 Å². The summed E-state index contributed by atoms with van der Waals surface area (Å²) in [5.74, 6) is 0.637. The minimum absolute atomic E-state index is 0.637. The highest BCUT2D eigenvalue weighted by molar-refractivity contribution is 8.01. The maximum atomic E-state index is 4.51. The van der Waals surface area contributed by atoms with Crippen LogP contribution in [0, 0.1) is 0 Å². The number of para-hydroxylation sites is 1. The predicted molar refractivity (Wildman–Crippen MR) is 100.0 cm³/mol. The van der Waals surface area contributed by atoms with Crippen molar-refractivity contribution in [3.8, 4) is 11.1 Å². The molecule has 118 valence electrons. The molecule has 4 nitrogen and oxygen atoms in total. The van der Waals surface area contributed by atoms with E-state index in [0.29, 0.717) is 11.1 Å². The summed E-state index contributed by atoms with van der Waals surface area (Å²) in [5, 5.41) is 13.3. The Morgan fingerprint density at radius 2 is 1.75 bits per heavy atom. The molecule has 0 saturated heterocycles. The van der Waals surface area contributed by atoms with Crippen molar-refractivity contribution in [2.45, 2.75) is 9.37 Å². The highest BCUT2D eigenvalue weighted by Crippen LogP contribution is 2.31. The molecule has 24 heavy (non-hydrogen) atoms. The van der Waals surface area contributed by atoms with Gasteiger partial charge in [-0.15, -0.1) is 16.4 Å². The van der Waals surface area contributed by atoms with E-state index in [2.05, 4.69) is 44.8 Å². The van der Waals surface area contributed by atoms with Crippen LogP contribution in [0.4, 0.5) is 11.6 Å². The van der Waals surface area contributed by atoms with Crippen LogP contribution in [0.1, 0.15) is 0 Å². The number of thiophene rings is 1. The van der Waals surface area contributed by atoms with E-state index in [1.807, 2.05) is 47.8 Å². The highest BCUT2D eigenvalue weighted by atomic mass is 32.2. The molecular formula is C18H14N4S2. The zero-order valence-corrected chi connectivity index (χ0v) is 14.3. The van der Waals surface area contributed by atoms with Gasteiger partial charge in [0.15, 0.2) is 0 Å². The van der Waals surface area contributed by atoms with Gasteiger partial charge in [-0.3, -0.25) is 0 Å². The van der Waals surface area contributed by atoms with E-state index in [1.54, 1.807) is 23.1 Å². The Morgan fingerprint density at radius 1 is 0.917 bits per heavy atom. The maximum Gasteiger partial charge on any atom is 0.224 e. The number of hydrogen-bond acceptors (Lipinski definition) is 5. The number of rotatable bonds is 5. The number of hydrogen-bond donors (Lipinski definition) is 2. The van der Waals surface area contributed by atoms with Gasteiger partial charge in [0, 0.05) is 11.3 Å². The van der Waals surface area contributed by atoms with Gasteiger partial charge in [-0.2, -0.15) is 4.98 Å². The summed E-state index contributed by atoms with van der Waals surface area (Å²) in [6.45, 7) is 0. The Morgan fingerprint density at radius 3 is 2.58 bits per heavy atom. The molecule has 0 aliphatic heterocycles. The minimum Gasteiger partial charge on any atom is -0.324 e. The van der Waals surface area contributed by atoms with Gasteiger partial charge in [0.2, 0.25) is 11.1 Å². The molecule has 0 saturated carbocycles. The van der Waals surface area contributed by atoms with Crippen molar-refractivity contribution in [2.24, 2.45) is 0 Å². The lowest BCUT2D eigenvalue weighted by molar-refractivity contribution is 0.975. The molecule has 0 fully saturated rings. The minimum atomic E-state index is 0.637. The third-order valence-corrected chi connectivity index (χ3v) is 5.32. The molecule has 2 aromatic carbocycles. The van der Waals surface area contributed by atoms with Gasteiger partial charge in [-0.05, 0) is 34.8 Å². The summed E-state index contributed by atoms with van der Waals surface area (Å²) in [6, 6.07) is 22.5. The highest BCUT2D eigenvalue weighted by Gasteiger charge is 2.09. The SMILES string of the molecule is c1ccc(-c2ccccc2Nc2nc(Sc3cccs3)n[nH]2)cc1. The largest absolute Gasteiger partial charge is 0.324 e. The molecule has 0 amide bonds. The molecule has 0 bridgehead atoms. The molecule has 2 N–H and O–H groups in total. The van der Waals surface area contributed by atoms with Gasteiger partial charge in [-0.25, -0.2) is 5.10 Å². The monoisotopic (exact) mass is 350 g/mol. The number of nitrogens with one attached hydrogen (secondary N) is 2. The quantitative estimate of drug-likeness (QED) is 0.504. The van der Waals surface area contributed by atoms with Gasteiger partial charge < -0.3 is 5.32 Å². The zero-order chi connectivity index (χ0) is 16.2. The number of anilines is 2. The van der Waals surface area contributed by atoms with E-state index < -0.39 is 0 Å². The smallest absolute Gasteiger partial charge is 0.224 e. The number of H-pyrrole nitrogens is 1. The number of aromatic nitrogens is 3. The average molecular weight is 350 g/mol. The third-order valence-electron chi connectivity index (χ3n) is 3.42. The van der Waals surface area contributed by atoms with Gasteiger partial charge in [0.1, 0.15) is 0 Å². The molecule has 6 heteroatoms. The lowest BCUT2D eigenvalue weighted by Gasteiger charge is -2.09. The van der Waals surface area contributed by atoms with Crippen LogP contribution in [0.15, 0.2) is 81.5 Å². The molecule has 0 atom stereocenters. The van der Waals surface area contributed by atoms with Crippen LogP contribution in [-0.2, 0) is 0 Å². The second kappa shape index (κ2) is 6.90. The van der Waals surface area contributed by atoms with Crippen LogP contribution in [0.3, 0.4) is 0 Å². The van der Waals surface area contributed by atoms with E-state index >= 15 is 0 Å². The van der Waals surface area contributed by atoms with Crippen molar-refractivity contribution in [3.05, 3.63) is 72.1 Å². The summed E-state index contributed by atoms with van der Waals surface area (Å²) in [6.07, 6.45) is 0. The zero-order valence-electron chi connectivity index (χ0n) is 12.6.